The molecule has 3 rings (SSSR count). The number of rotatable bonds is 8. The first-order valence-electron chi connectivity index (χ1n) is 8.12. The minimum absolute atomic E-state index is 0.341. The molecule has 1 unspecified atom stereocenters. The average molecular weight is 290 g/mol. The summed E-state index contributed by atoms with van der Waals surface area (Å²) in [5.74, 6) is 1.73. The molecule has 1 heterocycles. The lowest BCUT2D eigenvalue weighted by Crippen LogP contribution is -2.36. The van der Waals surface area contributed by atoms with Gasteiger partial charge in [-0.15, -0.1) is 0 Å². The highest BCUT2D eigenvalue weighted by molar-refractivity contribution is 5.45. The second kappa shape index (κ2) is 6.67. The second-order valence-electron chi connectivity index (χ2n) is 6.03. The van der Waals surface area contributed by atoms with Crippen LogP contribution in [0.15, 0.2) is 18.2 Å². The summed E-state index contributed by atoms with van der Waals surface area (Å²) in [4.78, 5) is 2.65. The maximum absolute atomic E-state index is 5.50. The van der Waals surface area contributed by atoms with E-state index in [9.17, 15) is 0 Å². The van der Waals surface area contributed by atoms with E-state index < -0.39 is 0 Å². The molecular weight excluding hydrogens is 264 g/mol. The van der Waals surface area contributed by atoms with Crippen molar-refractivity contribution < 1.29 is 9.47 Å². The molecule has 0 radical (unpaired) electrons. The van der Waals surface area contributed by atoms with Gasteiger partial charge in [-0.05, 0) is 50.6 Å². The normalized spacial score (nSPS) is 18.2. The minimum atomic E-state index is 0.341. The van der Waals surface area contributed by atoms with Crippen LogP contribution >= 0.6 is 0 Å². The zero-order chi connectivity index (χ0) is 14.7. The van der Waals surface area contributed by atoms with Gasteiger partial charge in [0.25, 0.3) is 0 Å². The zero-order valence-electron chi connectivity index (χ0n) is 13.1. The molecule has 1 aliphatic carbocycles. The molecule has 0 aromatic heterocycles. The molecule has 0 amide bonds. The van der Waals surface area contributed by atoms with E-state index in [0.29, 0.717) is 12.8 Å². The van der Waals surface area contributed by atoms with E-state index in [0.717, 1.165) is 24.1 Å². The topological polar surface area (TPSA) is 33.7 Å². The molecule has 1 fully saturated rings. The number of unbranched alkanes of at least 4 members (excludes halogenated alkanes) is 1. The van der Waals surface area contributed by atoms with Gasteiger partial charge in [0.2, 0.25) is 6.79 Å². The number of nitrogens with zero attached hydrogens (tertiary/aromatic N) is 1. The highest BCUT2D eigenvalue weighted by Crippen LogP contribution is 2.35. The van der Waals surface area contributed by atoms with Gasteiger partial charge in [-0.2, -0.15) is 0 Å². The van der Waals surface area contributed by atoms with E-state index in [4.69, 9.17) is 9.47 Å². The van der Waals surface area contributed by atoms with Crippen molar-refractivity contribution in [3.8, 4) is 11.5 Å². The van der Waals surface area contributed by atoms with E-state index in [2.05, 4.69) is 29.3 Å². The van der Waals surface area contributed by atoms with Crippen molar-refractivity contribution >= 4 is 0 Å². The first-order chi connectivity index (χ1) is 10.3. The molecule has 2 aliphatic rings. The number of fused-ring (bicyclic) bond motifs is 1. The van der Waals surface area contributed by atoms with E-state index >= 15 is 0 Å². The molecule has 116 valence electrons. The van der Waals surface area contributed by atoms with Crippen LogP contribution < -0.4 is 14.8 Å². The second-order valence-corrected chi connectivity index (χ2v) is 6.03. The Morgan fingerprint density at radius 3 is 2.81 bits per heavy atom. The Labute approximate surface area is 127 Å². The van der Waals surface area contributed by atoms with Gasteiger partial charge in [0, 0.05) is 18.6 Å². The zero-order valence-corrected chi connectivity index (χ0v) is 13.1. The minimum Gasteiger partial charge on any atom is -0.454 e. The standard InChI is InChI=1S/C17H26N2O2/c1-3-4-9-19(14-6-7-14)11-15(18-2)13-5-8-16-17(10-13)21-12-20-16/h5,8,10,14-15,18H,3-4,6-7,9,11-12H2,1-2H3. The fraction of sp³-hybridized carbons (Fsp3) is 0.647. The van der Waals surface area contributed by atoms with Gasteiger partial charge in [0.1, 0.15) is 0 Å². The van der Waals surface area contributed by atoms with Crippen molar-refractivity contribution in [3.05, 3.63) is 23.8 Å². The Morgan fingerprint density at radius 1 is 1.29 bits per heavy atom. The van der Waals surface area contributed by atoms with Crippen LogP contribution in [0.5, 0.6) is 11.5 Å². The highest BCUT2D eigenvalue weighted by Gasteiger charge is 2.30. The predicted octanol–water partition coefficient (Wildman–Crippen LogP) is 2.94. The Bertz CT molecular complexity index is 474. The van der Waals surface area contributed by atoms with Crippen molar-refractivity contribution in [2.75, 3.05) is 26.9 Å². The molecule has 0 spiro atoms. The first kappa shape index (κ1) is 14.7. The highest BCUT2D eigenvalue weighted by atomic mass is 16.7. The summed E-state index contributed by atoms with van der Waals surface area (Å²) in [6.07, 6.45) is 5.27. The van der Waals surface area contributed by atoms with Gasteiger partial charge < -0.3 is 14.8 Å². The van der Waals surface area contributed by atoms with Crippen LogP contribution in [0.25, 0.3) is 0 Å². The lowest BCUT2D eigenvalue weighted by atomic mass is 10.1. The molecule has 4 heteroatoms. The molecular formula is C17H26N2O2. The summed E-state index contributed by atoms with van der Waals surface area (Å²) in [7, 11) is 2.04. The summed E-state index contributed by atoms with van der Waals surface area (Å²) in [6.45, 7) is 4.89. The lowest BCUT2D eigenvalue weighted by molar-refractivity contribution is 0.174. The molecule has 0 saturated heterocycles. The number of benzene rings is 1. The maximum Gasteiger partial charge on any atom is 0.231 e. The van der Waals surface area contributed by atoms with E-state index in [-0.39, 0.29) is 0 Å². The van der Waals surface area contributed by atoms with Crippen molar-refractivity contribution in [3.63, 3.8) is 0 Å². The van der Waals surface area contributed by atoms with E-state index in [1.54, 1.807) is 0 Å². The molecule has 1 aliphatic heterocycles. The molecule has 4 nitrogen and oxygen atoms in total. The van der Waals surface area contributed by atoms with Gasteiger partial charge in [0.05, 0.1) is 0 Å². The Hall–Kier alpha value is -1.26. The number of hydrogen-bond acceptors (Lipinski definition) is 4. The molecule has 1 atom stereocenters. The van der Waals surface area contributed by atoms with Crippen LogP contribution in [0.3, 0.4) is 0 Å². The summed E-state index contributed by atoms with van der Waals surface area (Å²) < 4.78 is 10.9. The number of ether oxygens (including phenoxy) is 2. The first-order valence-corrected chi connectivity index (χ1v) is 8.12. The summed E-state index contributed by atoms with van der Waals surface area (Å²) in [5.41, 5.74) is 1.28. The van der Waals surface area contributed by atoms with Gasteiger partial charge in [-0.3, -0.25) is 4.90 Å². The number of likely N-dealkylation sites (N-methyl/N-ethyl adjacent to an activating group) is 1. The number of nitrogens with one attached hydrogen (secondary N) is 1. The van der Waals surface area contributed by atoms with Crippen LogP contribution in [0, 0.1) is 0 Å². The molecule has 21 heavy (non-hydrogen) atoms. The largest absolute Gasteiger partial charge is 0.454 e. The molecule has 1 aromatic carbocycles. The van der Waals surface area contributed by atoms with Crippen molar-refractivity contribution in [1.82, 2.24) is 10.2 Å². The fourth-order valence-corrected chi connectivity index (χ4v) is 2.95. The summed E-state index contributed by atoms with van der Waals surface area (Å²) in [5, 5.41) is 3.46. The lowest BCUT2D eigenvalue weighted by Gasteiger charge is -2.27. The third kappa shape index (κ3) is 3.50. The summed E-state index contributed by atoms with van der Waals surface area (Å²) >= 11 is 0. The molecule has 1 aromatic rings. The maximum atomic E-state index is 5.50. The predicted molar refractivity (Wildman–Crippen MR) is 83.9 cm³/mol. The molecule has 1 saturated carbocycles. The van der Waals surface area contributed by atoms with Crippen LogP contribution in [-0.2, 0) is 0 Å². The third-order valence-corrected chi connectivity index (χ3v) is 4.43. The van der Waals surface area contributed by atoms with Crippen molar-refractivity contribution in [1.29, 1.82) is 0 Å². The average Bonchev–Trinajstić information content (AvgIpc) is 3.24. The number of hydrogen-bond donors (Lipinski definition) is 1. The van der Waals surface area contributed by atoms with E-state index in [1.807, 2.05) is 13.1 Å². The Balaban J connectivity index is 1.68. The van der Waals surface area contributed by atoms with Crippen LogP contribution in [0.1, 0.15) is 44.2 Å². The van der Waals surface area contributed by atoms with Crippen molar-refractivity contribution in [2.45, 2.75) is 44.7 Å². The van der Waals surface area contributed by atoms with Gasteiger partial charge in [-0.25, -0.2) is 0 Å². The van der Waals surface area contributed by atoms with Gasteiger partial charge in [-0.1, -0.05) is 19.4 Å². The quantitative estimate of drug-likeness (QED) is 0.798. The molecule has 1 N–H and O–H groups in total. The summed E-state index contributed by atoms with van der Waals surface area (Å²) in [6, 6.07) is 7.45. The van der Waals surface area contributed by atoms with E-state index in [1.165, 1.54) is 37.8 Å². The smallest absolute Gasteiger partial charge is 0.231 e. The van der Waals surface area contributed by atoms with Crippen LogP contribution in [0.2, 0.25) is 0 Å². The molecule has 0 bridgehead atoms. The third-order valence-electron chi connectivity index (χ3n) is 4.43. The Kier molecular flexibility index (Phi) is 4.66. The fourth-order valence-electron chi connectivity index (χ4n) is 2.95. The van der Waals surface area contributed by atoms with Gasteiger partial charge in [0.15, 0.2) is 11.5 Å². The van der Waals surface area contributed by atoms with Crippen LogP contribution in [0.4, 0.5) is 0 Å². The van der Waals surface area contributed by atoms with Crippen LogP contribution in [-0.4, -0.2) is 37.9 Å². The van der Waals surface area contributed by atoms with Gasteiger partial charge >= 0.3 is 0 Å². The van der Waals surface area contributed by atoms with Crippen molar-refractivity contribution in [2.24, 2.45) is 0 Å². The Morgan fingerprint density at radius 2 is 2.10 bits per heavy atom. The SMILES string of the molecule is CCCCN(CC(NC)c1ccc2c(c1)OCO2)C1CC1. The monoisotopic (exact) mass is 290 g/mol.